The lowest BCUT2D eigenvalue weighted by Crippen LogP contribution is -2.55. The predicted molar refractivity (Wildman–Crippen MR) is 141 cm³/mol. The van der Waals surface area contributed by atoms with Crippen LogP contribution >= 0.6 is 0 Å². The van der Waals surface area contributed by atoms with E-state index in [9.17, 15) is 14.4 Å². The van der Waals surface area contributed by atoms with Crippen LogP contribution in [0.15, 0.2) is 72.8 Å². The minimum Gasteiger partial charge on any atom is -0.444 e. The maximum absolute atomic E-state index is 13.9. The van der Waals surface area contributed by atoms with Crippen molar-refractivity contribution in [2.24, 2.45) is 5.73 Å². The van der Waals surface area contributed by atoms with Crippen LogP contribution in [0.4, 0.5) is 4.79 Å². The molecular weight excluding hydrogens is 454 g/mol. The molecule has 0 aliphatic heterocycles. The van der Waals surface area contributed by atoms with E-state index in [2.05, 4.69) is 0 Å². The number of rotatable bonds is 8. The van der Waals surface area contributed by atoms with Crippen LogP contribution < -0.4 is 5.73 Å². The Kier molecular flexibility index (Phi) is 8.35. The van der Waals surface area contributed by atoms with Crippen molar-refractivity contribution in [3.63, 3.8) is 0 Å². The average molecular weight is 490 g/mol. The average Bonchev–Trinajstić information content (AvgIpc) is 2.84. The summed E-state index contributed by atoms with van der Waals surface area (Å²) in [7, 11) is 3.10. The molecule has 36 heavy (non-hydrogen) atoms. The van der Waals surface area contributed by atoms with E-state index in [4.69, 9.17) is 10.5 Å². The van der Waals surface area contributed by atoms with E-state index in [1.54, 1.807) is 34.9 Å². The van der Waals surface area contributed by atoms with Gasteiger partial charge >= 0.3 is 6.09 Å². The summed E-state index contributed by atoms with van der Waals surface area (Å²) in [6, 6.07) is 21.4. The monoisotopic (exact) mass is 489 g/mol. The molecule has 3 amide bonds. The van der Waals surface area contributed by atoms with E-state index in [0.717, 1.165) is 21.9 Å². The number of hydrogen-bond acceptors (Lipinski definition) is 4. The Hall–Kier alpha value is -3.87. The van der Waals surface area contributed by atoms with Gasteiger partial charge < -0.3 is 15.4 Å². The Balaban J connectivity index is 1.96. The van der Waals surface area contributed by atoms with Gasteiger partial charge in [0.1, 0.15) is 17.7 Å². The second-order valence-electron chi connectivity index (χ2n) is 10.0. The first-order chi connectivity index (χ1) is 17.0. The fraction of sp³-hybridized carbons (Fsp3) is 0.345. The standard InChI is InChI=1S/C29H35N3O4/c1-29(2,3)36-28(35)32(5)25(19-22-16-11-15-21-14-9-10-17-23(21)22)27(34)31(4)24(26(30)33)18-20-12-7-6-8-13-20/h6-17,24-25H,18-19H2,1-5H3,(H2,30,33)/t24-,25-/m1/s1. The molecule has 3 aromatic carbocycles. The topological polar surface area (TPSA) is 92.9 Å². The minimum absolute atomic E-state index is 0.247. The summed E-state index contributed by atoms with van der Waals surface area (Å²) < 4.78 is 5.56. The molecule has 190 valence electrons. The first kappa shape index (κ1) is 26.7. The quantitative estimate of drug-likeness (QED) is 0.514. The Bertz CT molecular complexity index is 1210. The number of carbonyl (C=O) groups excluding carboxylic acids is 3. The van der Waals surface area contributed by atoms with Gasteiger partial charge in [0.05, 0.1) is 0 Å². The zero-order chi connectivity index (χ0) is 26.5. The van der Waals surface area contributed by atoms with Crippen molar-refractivity contribution in [3.05, 3.63) is 83.9 Å². The summed E-state index contributed by atoms with van der Waals surface area (Å²) >= 11 is 0. The van der Waals surface area contributed by atoms with Crippen LogP contribution in [0.1, 0.15) is 31.9 Å². The lowest BCUT2D eigenvalue weighted by atomic mass is 9.96. The molecule has 0 aliphatic carbocycles. The van der Waals surface area contributed by atoms with Gasteiger partial charge in [-0.2, -0.15) is 0 Å². The van der Waals surface area contributed by atoms with E-state index in [1.165, 1.54) is 9.80 Å². The fourth-order valence-electron chi connectivity index (χ4n) is 4.18. The Morgan fingerprint density at radius 1 is 0.806 bits per heavy atom. The molecular formula is C29H35N3O4. The van der Waals surface area contributed by atoms with Crippen molar-refractivity contribution in [3.8, 4) is 0 Å². The van der Waals surface area contributed by atoms with Crippen molar-refractivity contribution in [2.45, 2.75) is 51.3 Å². The van der Waals surface area contributed by atoms with Crippen molar-refractivity contribution in [1.82, 2.24) is 9.80 Å². The molecule has 0 aromatic heterocycles. The number of nitrogens with zero attached hydrogens (tertiary/aromatic N) is 2. The highest BCUT2D eigenvalue weighted by Crippen LogP contribution is 2.23. The van der Waals surface area contributed by atoms with Crippen molar-refractivity contribution >= 4 is 28.7 Å². The highest BCUT2D eigenvalue weighted by atomic mass is 16.6. The molecule has 0 aliphatic rings. The maximum atomic E-state index is 13.9. The number of hydrogen-bond donors (Lipinski definition) is 1. The van der Waals surface area contributed by atoms with E-state index in [0.29, 0.717) is 0 Å². The molecule has 3 aromatic rings. The fourth-order valence-corrected chi connectivity index (χ4v) is 4.18. The zero-order valence-electron chi connectivity index (χ0n) is 21.6. The van der Waals surface area contributed by atoms with E-state index < -0.39 is 35.6 Å². The number of fused-ring (bicyclic) bond motifs is 1. The molecule has 0 bridgehead atoms. The number of likely N-dealkylation sites (N-methyl/N-ethyl adjacent to an activating group) is 2. The number of primary amides is 1. The molecule has 0 heterocycles. The minimum atomic E-state index is -0.909. The van der Waals surface area contributed by atoms with Crippen LogP contribution in [0.2, 0.25) is 0 Å². The van der Waals surface area contributed by atoms with E-state index in [1.807, 2.05) is 72.8 Å². The number of carbonyl (C=O) groups is 3. The second-order valence-corrected chi connectivity index (χ2v) is 10.0. The predicted octanol–water partition coefficient (Wildman–Crippen LogP) is 4.17. The number of benzene rings is 3. The molecule has 0 radical (unpaired) electrons. The van der Waals surface area contributed by atoms with Crippen LogP contribution in [0.25, 0.3) is 10.8 Å². The molecule has 2 atom stereocenters. The van der Waals surface area contributed by atoms with Gasteiger partial charge in [0.15, 0.2) is 0 Å². The lowest BCUT2D eigenvalue weighted by molar-refractivity contribution is -0.141. The van der Waals surface area contributed by atoms with Gasteiger partial charge in [-0.15, -0.1) is 0 Å². The highest BCUT2D eigenvalue weighted by molar-refractivity contribution is 5.92. The normalized spacial score (nSPS) is 13.0. The van der Waals surface area contributed by atoms with Crippen LogP contribution in [0.5, 0.6) is 0 Å². The smallest absolute Gasteiger partial charge is 0.410 e. The first-order valence-corrected chi connectivity index (χ1v) is 12.0. The van der Waals surface area contributed by atoms with Crippen LogP contribution in [-0.4, -0.2) is 59.5 Å². The SMILES string of the molecule is CN(C(=O)OC(C)(C)C)[C@H](Cc1cccc2ccccc12)C(=O)N(C)[C@H](Cc1ccccc1)C(N)=O. The van der Waals surface area contributed by atoms with Crippen molar-refractivity contribution in [1.29, 1.82) is 0 Å². The molecule has 0 spiro atoms. The Morgan fingerprint density at radius 2 is 1.42 bits per heavy atom. The van der Waals surface area contributed by atoms with E-state index >= 15 is 0 Å². The summed E-state index contributed by atoms with van der Waals surface area (Å²) in [4.78, 5) is 42.0. The van der Waals surface area contributed by atoms with Gasteiger partial charge in [-0.25, -0.2) is 4.79 Å². The van der Waals surface area contributed by atoms with Crippen LogP contribution in [0, 0.1) is 0 Å². The summed E-state index contributed by atoms with van der Waals surface area (Å²) in [5.74, 6) is -1.01. The van der Waals surface area contributed by atoms with Gasteiger partial charge in [0.25, 0.3) is 0 Å². The van der Waals surface area contributed by atoms with Gasteiger partial charge in [-0.1, -0.05) is 72.8 Å². The summed E-state index contributed by atoms with van der Waals surface area (Å²) in [5, 5.41) is 2.03. The maximum Gasteiger partial charge on any atom is 0.410 e. The number of ether oxygens (including phenoxy) is 1. The van der Waals surface area contributed by atoms with Crippen molar-refractivity contribution in [2.75, 3.05) is 14.1 Å². The van der Waals surface area contributed by atoms with E-state index in [-0.39, 0.29) is 12.8 Å². The summed E-state index contributed by atoms with van der Waals surface area (Å²) in [6.45, 7) is 5.32. The molecule has 2 N–H and O–H groups in total. The zero-order valence-corrected chi connectivity index (χ0v) is 21.6. The third-order valence-electron chi connectivity index (χ3n) is 6.14. The van der Waals surface area contributed by atoms with Crippen LogP contribution in [-0.2, 0) is 27.2 Å². The number of amides is 3. The van der Waals surface area contributed by atoms with Crippen molar-refractivity contribution < 1.29 is 19.1 Å². The summed E-state index contributed by atoms with van der Waals surface area (Å²) in [6.07, 6.45) is -0.0970. The molecule has 3 rings (SSSR count). The largest absolute Gasteiger partial charge is 0.444 e. The number of nitrogens with two attached hydrogens (primary N) is 1. The lowest BCUT2D eigenvalue weighted by Gasteiger charge is -2.35. The van der Waals surface area contributed by atoms with Gasteiger partial charge in [0.2, 0.25) is 11.8 Å². The third kappa shape index (κ3) is 6.62. The molecule has 0 fully saturated rings. The Labute approximate surface area is 212 Å². The molecule has 7 heteroatoms. The van der Waals surface area contributed by atoms with Gasteiger partial charge in [-0.05, 0) is 42.7 Å². The van der Waals surface area contributed by atoms with Gasteiger partial charge in [-0.3, -0.25) is 14.5 Å². The molecule has 7 nitrogen and oxygen atoms in total. The molecule has 0 unspecified atom stereocenters. The highest BCUT2D eigenvalue weighted by Gasteiger charge is 2.36. The second kappa shape index (κ2) is 11.2. The molecule has 0 saturated heterocycles. The summed E-state index contributed by atoms with van der Waals surface area (Å²) in [5.41, 5.74) is 6.80. The van der Waals surface area contributed by atoms with Crippen LogP contribution in [0.3, 0.4) is 0 Å². The first-order valence-electron chi connectivity index (χ1n) is 12.0. The Morgan fingerprint density at radius 3 is 2.06 bits per heavy atom. The molecule has 0 saturated carbocycles. The third-order valence-corrected chi connectivity index (χ3v) is 6.14. The van der Waals surface area contributed by atoms with Gasteiger partial charge in [0, 0.05) is 26.9 Å².